The average Bonchev–Trinajstić information content (AvgIpc) is 3.49. The number of esters is 1. The Balaban J connectivity index is 1.56. The molecule has 1 saturated carbocycles. The second kappa shape index (κ2) is 9.17. The van der Waals surface area contributed by atoms with Crippen molar-refractivity contribution in [3.63, 3.8) is 0 Å². The average molecular weight is 450 g/mol. The monoisotopic (exact) mass is 449 g/mol. The number of hydrogen-bond donors (Lipinski definition) is 1. The van der Waals surface area contributed by atoms with Gasteiger partial charge < -0.3 is 14.8 Å². The lowest BCUT2D eigenvalue weighted by molar-refractivity contribution is -0.117. The Morgan fingerprint density at radius 3 is 2.50 bits per heavy atom. The number of thiophene rings is 1. The topological polar surface area (TPSA) is 64.6 Å². The Labute approximate surface area is 192 Å². The summed E-state index contributed by atoms with van der Waals surface area (Å²) in [6.45, 7) is 6.16. The first kappa shape index (κ1) is 22.1. The standard InChI is InChI=1S/C26H27NO4S/c1-5-31-26(29)23-22(18-7-6-15(2)16(3)12-18)14-32-25(23)27-24(28)21-13-20(21)17-8-10-19(30-4)11-9-17/h6-12,14,20-21H,5,13H2,1-4H3,(H,27,28). The van der Waals surface area contributed by atoms with Gasteiger partial charge in [0.1, 0.15) is 16.3 Å². The highest BCUT2D eigenvalue weighted by atomic mass is 32.1. The SMILES string of the molecule is CCOC(=O)c1c(-c2ccc(C)c(C)c2)csc1NC(=O)C1CC1c1ccc(OC)cc1. The van der Waals surface area contributed by atoms with E-state index >= 15 is 0 Å². The molecule has 0 bridgehead atoms. The molecule has 1 aliphatic carbocycles. The number of nitrogens with one attached hydrogen (secondary N) is 1. The van der Waals surface area contributed by atoms with E-state index in [2.05, 4.69) is 18.3 Å². The zero-order valence-electron chi connectivity index (χ0n) is 18.7. The number of benzene rings is 2. The van der Waals surface area contributed by atoms with Gasteiger partial charge in [-0.25, -0.2) is 4.79 Å². The summed E-state index contributed by atoms with van der Waals surface area (Å²) in [6.07, 6.45) is 0.794. The molecule has 0 spiro atoms. The predicted octanol–water partition coefficient (Wildman–Crippen LogP) is 5.96. The largest absolute Gasteiger partial charge is 0.497 e. The van der Waals surface area contributed by atoms with Crippen LogP contribution in [0, 0.1) is 19.8 Å². The van der Waals surface area contributed by atoms with Gasteiger partial charge in [0.15, 0.2) is 0 Å². The minimum Gasteiger partial charge on any atom is -0.497 e. The lowest BCUT2D eigenvalue weighted by atomic mass is 9.99. The number of hydrogen-bond acceptors (Lipinski definition) is 5. The molecular formula is C26H27NO4S. The zero-order valence-corrected chi connectivity index (χ0v) is 19.5. The predicted molar refractivity (Wildman–Crippen MR) is 128 cm³/mol. The van der Waals surface area contributed by atoms with Gasteiger partial charge in [-0.3, -0.25) is 4.79 Å². The Bertz CT molecular complexity index is 1150. The zero-order chi connectivity index (χ0) is 22.8. The van der Waals surface area contributed by atoms with E-state index in [0.29, 0.717) is 10.6 Å². The van der Waals surface area contributed by atoms with Crippen molar-refractivity contribution in [3.8, 4) is 16.9 Å². The van der Waals surface area contributed by atoms with Crippen molar-refractivity contribution in [3.05, 3.63) is 70.1 Å². The van der Waals surface area contributed by atoms with Crippen molar-refractivity contribution in [2.24, 2.45) is 5.92 Å². The van der Waals surface area contributed by atoms with Crippen LogP contribution in [-0.2, 0) is 9.53 Å². The molecule has 0 radical (unpaired) electrons. The molecule has 4 rings (SSSR count). The summed E-state index contributed by atoms with van der Waals surface area (Å²) in [4.78, 5) is 25.8. The second-order valence-electron chi connectivity index (χ2n) is 8.08. The van der Waals surface area contributed by atoms with Crippen molar-refractivity contribution in [2.45, 2.75) is 33.1 Å². The summed E-state index contributed by atoms with van der Waals surface area (Å²) >= 11 is 1.36. The van der Waals surface area contributed by atoms with Gasteiger partial charge in [0.25, 0.3) is 0 Å². The van der Waals surface area contributed by atoms with Crippen LogP contribution in [0.3, 0.4) is 0 Å². The van der Waals surface area contributed by atoms with Crippen LogP contribution in [0.1, 0.15) is 46.3 Å². The van der Waals surface area contributed by atoms with E-state index in [1.165, 1.54) is 16.9 Å². The van der Waals surface area contributed by atoms with Crippen LogP contribution in [0.4, 0.5) is 5.00 Å². The highest BCUT2D eigenvalue weighted by molar-refractivity contribution is 7.15. The van der Waals surface area contributed by atoms with E-state index in [1.807, 2.05) is 48.7 Å². The summed E-state index contributed by atoms with van der Waals surface area (Å²) in [5.41, 5.74) is 5.61. The van der Waals surface area contributed by atoms with Crippen molar-refractivity contribution < 1.29 is 19.1 Å². The lowest BCUT2D eigenvalue weighted by Gasteiger charge is -2.10. The van der Waals surface area contributed by atoms with Gasteiger partial charge in [-0.2, -0.15) is 0 Å². The van der Waals surface area contributed by atoms with Gasteiger partial charge in [-0.05, 0) is 67.5 Å². The van der Waals surface area contributed by atoms with Crippen molar-refractivity contribution in [1.29, 1.82) is 0 Å². The molecule has 2 aromatic carbocycles. The molecule has 3 aromatic rings. The number of anilines is 1. The van der Waals surface area contributed by atoms with Gasteiger partial charge in [0.2, 0.25) is 5.91 Å². The minimum atomic E-state index is -0.417. The first-order valence-electron chi connectivity index (χ1n) is 10.7. The smallest absolute Gasteiger partial charge is 0.341 e. The van der Waals surface area contributed by atoms with E-state index in [-0.39, 0.29) is 24.3 Å². The molecular weight excluding hydrogens is 422 g/mol. The van der Waals surface area contributed by atoms with Crippen LogP contribution in [0.25, 0.3) is 11.1 Å². The second-order valence-corrected chi connectivity index (χ2v) is 8.96. The number of carbonyl (C=O) groups excluding carboxylic acids is 2. The van der Waals surface area contributed by atoms with E-state index < -0.39 is 5.97 Å². The maximum absolute atomic E-state index is 13.0. The molecule has 0 saturated heterocycles. The number of carbonyl (C=O) groups is 2. The normalized spacial score (nSPS) is 17.0. The van der Waals surface area contributed by atoms with Crippen LogP contribution in [0.5, 0.6) is 5.75 Å². The van der Waals surface area contributed by atoms with Crippen LogP contribution >= 0.6 is 11.3 Å². The molecule has 32 heavy (non-hydrogen) atoms. The molecule has 1 fully saturated rings. The van der Waals surface area contributed by atoms with Gasteiger partial charge >= 0.3 is 5.97 Å². The molecule has 5 nitrogen and oxygen atoms in total. The fraction of sp³-hybridized carbons (Fsp3) is 0.308. The first-order valence-corrected chi connectivity index (χ1v) is 11.6. The Morgan fingerprint density at radius 1 is 1.09 bits per heavy atom. The molecule has 2 atom stereocenters. The summed E-state index contributed by atoms with van der Waals surface area (Å²) < 4.78 is 10.5. The van der Waals surface area contributed by atoms with Crippen molar-refractivity contribution >= 4 is 28.2 Å². The van der Waals surface area contributed by atoms with Crippen LogP contribution in [0.15, 0.2) is 47.8 Å². The van der Waals surface area contributed by atoms with Crippen molar-refractivity contribution in [1.82, 2.24) is 0 Å². The highest BCUT2D eigenvalue weighted by Crippen LogP contribution is 2.49. The Kier molecular flexibility index (Phi) is 6.33. The fourth-order valence-electron chi connectivity index (χ4n) is 3.89. The summed E-state index contributed by atoms with van der Waals surface area (Å²) in [5.74, 6) is 0.397. The van der Waals surface area contributed by atoms with Crippen LogP contribution in [0.2, 0.25) is 0 Å². The molecule has 1 N–H and O–H groups in total. The summed E-state index contributed by atoms with van der Waals surface area (Å²) in [7, 11) is 1.64. The number of methoxy groups -OCH3 is 1. The number of amides is 1. The fourth-order valence-corrected chi connectivity index (χ4v) is 4.85. The highest BCUT2D eigenvalue weighted by Gasteiger charge is 2.44. The molecule has 1 amide bonds. The van der Waals surface area contributed by atoms with E-state index in [9.17, 15) is 9.59 Å². The van der Waals surface area contributed by atoms with Gasteiger partial charge in [-0.1, -0.05) is 30.3 Å². The molecule has 0 aliphatic heterocycles. The first-order chi connectivity index (χ1) is 15.4. The lowest BCUT2D eigenvalue weighted by Crippen LogP contribution is -2.16. The maximum Gasteiger partial charge on any atom is 0.341 e. The quantitative estimate of drug-likeness (QED) is 0.452. The van der Waals surface area contributed by atoms with Gasteiger partial charge in [0.05, 0.1) is 13.7 Å². The number of rotatable bonds is 7. The molecule has 1 aromatic heterocycles. The molecule has 2 unspecified atom stereocenters. The third kappa shape index (κ3) is 4.41. The van der Waals surface area contributed by atoms with E-state index in [1.54, 1.807) is 14.0 Å². The minimum absolute atomic E-state index is 0.0650. The molecule has 1 heterocycles. The van der Waals surface area contributed by atoms with E-state index in [4.69, 9.17) is 9.47 Å². The summed E-state index contributed by atoms with van der Waals surface area (Å²) in [6, 6.07) is 13.9. The van der Waals surface area contributed by atoms with E-state index in [0.717, 1.165) is 34.4 Å². The number of aryl methyl sites for hydroxylation is 2. The van der Waals surface area contributed by atoms with Crippen LogP contribution in [-0.4, -0.2) is 25.6 Å². The third-order valence-corrected chi connectivity index (χ3v) is 6.89. The third-order valence-electron chi connectivity index (χ3n) is 6.00. The van der Waals surface area contributed by atoms with Gasteiger partial charge in [0, 0.05) is 16.9 Å². The van der Waals surface area contributed by atoms with Gasteiger partial charge in [-0.15, -0.1) is 11.3 Å². The van der Waals surface area contributed by atoms with Crippen LogP contribution < -0.4 is 10.1 Å². The molecule has 1 aliphatic rings. The molecule has 166 valence electrons. The maximum atomic E-state index is 13.0. The Hall–Kier alpha value is -3.12. The number of ether oxygens (including phenoxy) is 2. The Morgan fingerprint density at radius 2 is 1.84 bits per heavy atom. The van der Waals surface area contributed by atoms with Crippen molar-refractivity contribution in [2.75, 3.05) is 19.0 Å². The molecule has 6 heteroatoms. The summed E-state index contributed by atoms with van der Waals surface area (Å²) in [5, 5.41) is 5.46.